The summed E-state index contributed by atoms with van der Waals surface area (Å²) >= 11 is 0. The Morgan fingerprint density at radius 3 is 3.08 bits per heavy atom. The highest BCUT2D eigenvalue weighted by Crippen LogP contribution is 2.32. The van der Waals surface area contributed by atoms with Gasteiger partial charge in [0.15, 0.2) is 0 Å². The lowest BCUT2D eigenvalue weighted by atomic mass is 10.0. The Morgan fingerprint density at radius 1 is 1.50 bits per heavy atom. The smallest absolute Gasteiger partial charge is 0.115 e. The number of hydrogen-bond donors (Lipinski definition) is 0. The topological polar surface area (TPSA) is 25.8 Å². The van der Waals surface area contributed by atoms with Crippen LogP contribution in [-0.4, -0.2) is 9.97 Å². The molecule has 0 spiro atoms. The molecule has 0 saturated carbocycles. The summed E-state index contributed by atoms with van der Waals surface area (Å²) in [5.74, 6) is 0.677. The summed E-state index contributed by atoms with van der Waals surface area (Å²) in [7, 11) is 0. The van der Waals surface area contributed by atoms with Crippen LogP contribution in [0.5, 0.6) is 0 Å². The van der Waals surface area contributed by atoms with Crippen molar-refractivity contribution >= 4 is 0 Å². The minimum atomic E-state index is 0.677. The Kier molecular flexibility index (Phi) is 1.83. The van der Waals surface area contributed by atoms with Crippen molar-refractivity contribution in [2.45, 2.75) is 39.0 Å². The lowest BCUT2D eigenvalue weighted by Gasteiger charge is -2.07. The molecule has 2 heteroatoms. The van der Waals surface area contributed by atoms with E-state index in [4.69, 9.17) is 0 Å². The molecule has 0 unspecified atom stereocenters. The van der Waals surface area contributed by atoms with E-state index in [1.807, 2.05) is 0 Å². The average molecular weight is 162 g/mol. The van der Waals surface area contributed by atoms with Crippen molar-refractivity contribution < 1.29 is 0 Å². The van der Waals surface area contributed by atoms with Crippen molar-refractivity contribution in [3.05, 3.63) is 23.3 Å². The van der Waals surface area contributed by atoms with Gasteiger partial charge >= 0.3 is 0 Å². The maximum Gasteiger partial charge on any atom is 0.115 e. The molecule has 0 amide bonds. The minimum absolute atomic E-state index is 0.677. The second-order valence-corrected chi connectivity index (χ2v) is 3.47. The number of hydrogen-bond acceptors (Lipinski definition) is 2. The zero-order valence-corrected chi connectivity index (χ0v) is 7.67. The second-order valence-electron chi connectivity index (χ2n) is 3.47. The molecule has 0 radical (unpaired) electrons. The van der Waals surface area contributed by atoms with Gasteiger partial charge in [-0.05, 0) is 30.7 Å². The number of aromatic nitrogens is 2. The molecule has 64 valence electrons. The van der Waals surface area contributed by atoms with E-state index in [1.54, 1.807) is 6.33 Å². The average Bonchev–Trinajstić information content (AvgIpc) is 2.48. The molecule has 1 aliphatic rings. The molecule has 1 aromatic rings. The van der Waals surface area contributed by atoms with Crippen molar-refractivity contribution in [3.8, 4) is 0 Å². The quantitative estimate of drug-likeness (QED) is 0.632. The summed E-state index contributed by atoms with van der Waals surface area (Å²) in [6.45, 7) is 4.43. The van der Waals surface area contributed by atoms with Gasteiger partial charge in [0.2, 0.25) is 0 Å². The Labute approximate surface area is 73.1 Å². The van der Waals surface area contributed by atoms with Crippen LogP contribution >= 0.6 is 0 Å². The van der Waals surface area contributed by atoms with Crippen LogP contribution in [0.1, 0.15) is 43.1 Å². The van der Waals surface area contributed by atoms with E-state index in [0.29, 0.717) is 5.92 Å². The van der Waals surface area contributed by atoms with E-state index in [0.717, 1.165) is 12.8 Å². The first-order valence-electron chi connectivity index (χ1n) is 4.65. The van der Waals surface area contributed by atoms with Gasteiger partial charge in [-0.2, -0.15) is 0 Å². The predicted octanol–water partition coefficient (Wildman–Crippen LogP) is 2.09. The van der Waals surface area contributed by atoms with Gasteiger partial charge in [-0.3, -0.25) is 0 Å². The Balaban J connectivity index is 2.53. The number of fused-ring (bicyclic) bond motifs is 1. The van der Waals surface area contributed by atoms with Crippen LogP contribution in [0.2, 0.25) is 0 Å². The van der Waals surface area contributed by atoms with Crippen LogP contribution in [0.4, 0.5) is 0 Å². The Hall–Kier alpha value is -0.920. The van der Waals surface area contributed by atoms with Gasteiger partial charge in [0.05, 0.1) is 0 Å². The molecule has 0 bridgehead atoms. The van der Waals surface area contributed by atoms with Gasteiger partial charge in [-0.1, -0.05) is 13.8 Å². The fourth-order valence-electron chi connectivity index (χ4n) is 2.02. The number of aryl methyl sites for hydroxylation is 2. The zero-order chi connectivity index (χ0) is 8.55. The van der Waals surface area contributed by atoms with Crippen molar-refractivity contribution in [2.24, 2.45) is 0 Å². The summed E-state index contributed by atoms with van der Waals surface area (Å²) in [6.07, 6.45) is 5.14. The van der Waals surface area contributed by atoms with E-state index in [9.17, 15) is 0 Å². The molecule has 0 aromatic carbocycles. The summed E-state index contributed by atoms with van der Waals surface area (Å²) < 4.78 is 0. The molecular formula is C10H14N2. The van der Waals surface area contributed by atoms with Crippen LogP contribution < -0.4 is 0 Å². The van der Waals surface area contributed by atoms with Crippen LogP contribution in [0, 0.1) is 0 Å². The molecule has 0 saturated heterocycles. The molecular weight excluding hydrogens is 148 g/mol. The monoisotopic (exact) mass is 162 g/mol. The molecule has 1 atom stereocenters. The first-order valence-corrected chi connectivity index (χ1v) is 4.65. The molecule has 0 N–H and O–H groups in total. The highest BCUT2D eigenvalue weighted by atomic mass is 14.8. The molecule has 0 aliphatic heterocycles. The summed E-state index contributed by atoms with van der Waals surface area (Å²) in [6, 6.07) is 0. The first-order chi connectivity index (χ1) is 5.83. The summed E-state index contributed by atoms with van der Waals surface area (Å²) in [4.78, 5) is 8.62. The fourth-order valence-corrected chi connectivity index (χ4v) is 2.02. The molecule has 12 heavy (non-hydrogen) atoms. The first kappa shape index (κ1) is 7.71. The van der Waals surface area contributed by atoms with Crippen molar-refractivity contribution in [2.75, 3.05) is 0 Å². The van der Waals surface area contributed by atoms with Crippen LogP contribution in [0.15, 0.2) is 6.33 Å². The molecule has 1 aromatic heterocycles. The van der Waals surface area contributed by atoms with E-state index in [-0.39, 0.29) is 0 Å². The van der Waals surface area contributed by atoms with E-state index in [1.165, 1.54) is 23.4 Å². The van der Waals surface area contributed by atoms with Crippen molar-refractivity contribution in [1.29, 1.82) is 0 Å². The van der Waals surface area contributed by atoms with Crippen LogP contribution in [0.3, 0.4) is 0 Å². The van der Waals surface area contributed by atoms with E-state index in [2.05, 4.69) is 23.8 Å². The highest BCUT2D eigenvalue weighted by Gasteiger charge is 2.22. The summed E-state index contributed by atoms with van der Waals surface area (Å²) in [5.41, 5.74) is 3.97. The molecule has 1 heterocycles. The van der Waals surface area contributed by atoms with E-state index < -0.39 is 0 Å². The largest absolute Gasteiger partial charge is 0.241 e. The van der Waals surface area contributed by atoms with Gasteiger partial charge in [-0.25, -0.2) is 9.97 Å². The third kappa shape index (κ3) is 1.02. The maximum atomic E-state index is 4.31. The molecule has 0 fully saturated rings. The third-order valence-corrected chi connectivity index (χ3v) is 2.69. The van der Waals surface area contributed by atoms with Crippen molar-refractivity contribution in [1.82, 2.24) is 9.97 Å². The molecule has 2 nitrogen and oxygen atoms in total. The second kappa shape index (κ2) is 2.85. The Morgan fingerprint density at radius 2 is 2.33 bits per heavy atom. The van der Waals surface area contributed by atoms with E-state index >= 15 is 0 Å². The SMILES string of the molecule is CCc1ncnc2c1[C@@H](C)CC2. The Bertz CT molecular complexity index is 294. The standard InChI is InChI=1S/C10H14N2/c1-3-8-10-7(2)4-5-9(10)12-6-11-8/h6-7H,3-5H2,1-2H3/t7-/m0/s1. The van der Waals surface area contributed by atoms with Gasteiger partial charge in [0.1, 0.15) is 6.33 Å². The van der Waals surface area contributed by atoms with Gasteiger partial charge in [0, 0.05) is 11.4 Å². The fraction of sp³-hybridized carbons (Fsp3) is 0.600. The number of nitrogens with zero attached hydrogens (tertiary/aromatic N) is 2. The third-order valence-electron chi connectivity index (χ3n) is 2.69. The van der Waals surface area contributed by atoms with Crippen molar-refractivity contribution in [3.63, 3.8) is 0 Å². The van der Waals surface area contributed by atoms with Crippen LogP contribution in [-0.2, 0) is 12.8 Å². The molecule has 1 aliphatic carbocycles. The summed E-state index contributed by atoms with van der Waals surface area (Å²) in [5, 5.41) is 0. The maximum absolute atomic E-state index is 4.31. The number of rotatable bonds is 1. The van der Waals surface area contributed by atoms with Gasteiger partial charge in [0.25, 0.3) is 0 Å². The van der Waals surface area contributed by atoms with Gasteiger partial charge < -0.3 is 0 Å². The van der Waals surface area contributed by atoms with Crippen LogP contribution in [0.25, 0.3) is 0 Å². The zero-order valence-electron chi connectivity index (χ0n) is 7.67. The predicted molar refractivity (Wildman–Crippen MR) is 48.1 cm³/mol. The normalized spacial score (nSPS) is 21.0. The molecule has 2 rings (SSSR count). The lowest BCUT2D eigenvalue weighted by molar-refractivity contribution is 0.736. The highest BCUT2D eigenvalue weighted by molar-refractivity contribution is 5.32. The minimum Gasteiger partial charge on any atom is -0.241 e. The van der Waals surface area contributed by atoms with Gasteiger partial charge in [-0.15, -0.1) is 0 Å². The lowest BCUT2D eigenvalue weighted by Crippen LogP contribution is -1.99.